The van der Waals surface area contributed by atoms with Crippen molar-refractivity contribution in [1.29, 1.82) is 0 Å². The highest BCUT2D eigenvalue weighted by Crippen LogP contribution is 2.39. The lowest BCUT2D eigenvalue weighted by Crippen LogP contribution is -2.36. The number of aliphatic hydroxyl groups is 1. The molecule has 7 heteroatoms. The monoisotopic (exact) mass is 362 g/mol. The van der Waals surface area contributed by atoms with Crippen molar-refractivity contribution in [2.75, 3.05) is 7.11 Å². The lowest BCUT2D eigenvalue weighted by molar-refractivity contribution is 0.0922. The first-order valence-electron chi connectivity index (χ1n) is 8.83. The molecule has 2 aliphatic carbocycles. The average molecular weight is 362 g/mol. The Labute approximate surface area is 153 Å². The first-order chi connectivity index (χ1) is 12.3. The van der Waals surface area contributed by atoms with Crippen molar-refractivity contribution < 1.29 is 11.3 Å². The Hall–Kier alpha value is -1.86. The Kier molecular flexibility index (Phi) is 6.09. The van der Waals surface area contributed by atoms with E-state index in [1.807, 2.05) is 6.07 Å². The van der Waals surface area contributed by atoms with E-state index in [1.165, 1.54) is 30.6 Å². The number of rotatable bonds is 4. The first-order valence-corrected chi connectivity index (χ1v) is 9.71. The lowest BCUT2D eigenvalue weighted by Gasteiger charge is -2.22. The molecule has 0 saturated heterocycles. The van der Waals surface area contributed by atoms with Crippen LogP contribution in [0.1, 0.15) is 68.5 Å². The molecule has 0 aromatic carbocycles. The summed E-state index contributed by atoms with van der Waals surface area (Å²) in [5.74, 6) is 1.06. The van der Waals surface area contributed by atoms with Gasteiger partial charge in [-0.2, -0.15) is 0 Å². The van der Waals surface area contributed by atoms with Crippen molar-refractivity contribution in [1.82, 2.24) is 20.3 Å². The van der Waals surface area contributed by atoms with Crippen LogP contribution in [-0.2, 0) is 0 Å². The van der Waals surface area contributed by atoms with E-state index in [2.05, 4.69) is 20.3 Å². The number of hydrogen-bond donors (Lipinski definition) is 2. The molecule has 0 radical (unpaired) electrons. The Bertz CT molecular complexity index is 701. The summed E-state index contributed by atoms with van der Waals surface area (Å²) in [4.78, 5) is 26.8. The quantitative estimate of drug-likeness (QED) is 0.870. The maximum atomic E-state index is 12.6. The summed E-state index contributed by atoms with van der Waals surface area (Å²) in [5.41, 5.74) is 3.26. The predicted molar refractivity (Wildman–Crippen MR) is 99.7 cm³/mol. The minimum Gasteiger partial charge on any atom is -0.400 e. The summed E-state index contributed by atoms with van der Waals surface area (Å²) < 4.78 is 0. The molecule has 6 nitrogen and oxygen atoms in total. The maximum absolute atomic E-state index is 12.6. The van der Waals surface area contributed by atoms with Crippen LogP contribution < -0.4 is 5.32 Å². The van der Waals surface area contributed by atoms with E-state index in [1.54, 1.807) is 11.7 Å². The van der Waals surface area contributed by atoms with Gasteiger partial charge in [-0.1, -0.05) is 19.3 Å². The molecule has 0 spiro atoms. The second kappa shape index (κ2) is 8.49. The molecule has 2 fully saturated rings. The van der Waals surface area contributed by atoms with Crippen LogP contribution >= 0.6 is 11.3 Å². The van der Waals surface area contributed by atoms with E-state index in [-0.39, 0.29) is 7.33 Å². The fourth-order valence-electron chi connectivity index (χ4n) is 3.11. The molecule has 4 rings (SSSR count). The van der Waals surface area contributed by atoms with Gasteiger partial charge in [0.15, 0.2) is 5.82 Å². The Morgan fingerprint density at radius 1 is 1.20 bits per heavy atom. The average Bonchev–Trinajstić information content (AvgIpc) is 3.38. The number of carbonyl (C=O) groups is 1. The highest BCUT2D eigenvalue weighted by Gasteiger charge is 2.28. The molecule has 1 amide bonds. The molecular formula is C18H26N4O2S. The van der Waals surface area contributed by atoms with Crippen LogP contribution in [0.15, 0.2) is 17.8 Å². The van der Waals surface area contributed by atoms with Crippen LogP contribution in [0.2, 0.25) is 0 Å². The predicted octanol–water partition coefficient (Wildman–Crippen LogP) is 3.39. The van der Waals surface area contributed by atoms with Gasteiger partial charge in [-0.05, 0) is 31.7 Å². The number of hydrogen-bond acceptors (Lipinski definition) is 6. The molecule has 0 bridgehead atoms. The molecule has 2 heterocycles. The van der Waals surface area contributed by atoms with Crippen LogP contribution in [-0.4, -0.2) is 39.1 Å². The molecule has 0 unspecified atom stereocenters. The number of carbonyl (C=O) groups excluding carboxylic acids is 1. The summed E-state index contributed by atoms with van der Waals surface area (Å²) >= 11 is 1.51. The van der Waals surface area contributed by atoms with Crippen molar-refractivity contribution in [3.05, 3.63) is 29.2 Å². The molecule has 136 valence electrons. The highest BCUT2D eigenvalue weighted by molar-refractivity contribution is 7.13. The van der Waals surface area contributed by atoms with Crippen molar-refractivity contribution >= 4 is 17.2 Å². The van der Waals surface area contributed by atoms with Crippen LogP contribution in [0.25, 0.3) is 10.7 Å². The van der Waals surface area contributed by atoms with Gasteiger partial charge in [-0.15, -0.1) is 11.3 Å². The standard InChI is InChI=1S/C17H20N4OS.CH4O.H2/c22-17(19-12-4-2-1-3-5-12)14-8-13(11-6-7-11)20-16(21-14)15-9-18-10-23-15;1-2;/h8-12H,1-7H2,(H,19,22);2H,1H3;1H. The summed E-state index contributed by atoms with van der Waals surface area (Å²) in [6, 6.07) is 2.17. The zero-order valence-corrected chi connectivity index (χ0v) is 15.3. The number of nitrogens with one attached hydrogen (secondary N) is 1. The topological polar surface area (TPSA) is 88.0 Å². The fourth-order valence-corrected chi connectivity index (χ4v) is 3.67. The SMILES string of the molecule is CO.O=C(NC1CCCCC1)c1cc(C2CC2)nc(-c2cncs2)n1.[HH]. The summed E-state index contributed by atoms with van der Waals surface area (Å²) in [7, 11) is 1.00. The largest absolute Gasteiger partial charge is 0.400 e. The summed E-state index contributed by atoms with van der Waals surface area (Å²) in [5, 5.41) is 10.2. The Morgan fingerprint density at radius 2 is 1.96 bits per heavy atom. The fraction of sp³-hybridized carbons (Fsp3) is 0.556. The molecule has 2 aliphatic rings. The second-order valence-electron chi connectivity index (χ2n) is 6.45. The van der Waals surface area contributed by atoms with E-state index in [0.717, 1.165) is 43.4 Å². The van der Waals surface area contributed by atoms with Gasteiger partial charge in [0.2, 0.25) is 0 Å². The smallest absolute Gasteiger partial charge is 0.270 e. The van der Waals surface area contributed by atoms with Crippen molar-refractivity contribution in [2.24, 2.45) is 0 Å². The van der Waals surface area contributed by atoms with Gasteiger partial charge < -0.3 is 10.4 Å². The first kappa shape index (κ1) is 17.9. The zero-order valence-electron chi connectivity index (χ0n) is 14.4. The van der Waals surface area contributed by atoms with Gasteiger partial charge in [0, 0.05) is 32.4 Å². The third kappa shape index (κ3) is 4.61. The Balaban J connectivity index is 0.000000784. The minimum atomic E-state index is -0.0630. The van der Waals surface area contributed by atoms with Gasteiger partial charge in [0.25, 0.3) is 5.91 Å². The molecule has 2 saturated carbocycles. The van der Waals surface area contributed by atoms with E-state index >= 15 is 0 Å². The maximum Gasteiger partial charge on any atom is 0.270 e. The van der Waals surface area contributed by atoms with Gasteiger partial charge in [-0.3, -0.25) is 9.78 Å². The second-order valence-corrected chi connectivity index (χ2v) is 7.34. The molecule has 25 heavy (non-hydrogen) atoms. The van der Waals surface area contributed by atoms with E-state index in [9.17, 15) is 4.79 Å². The third-order valence-electron chi connectivity index (χ3n) is 4.57. The Morgan fingerprint density at radius 3 is 2.60 bits per heavy atom. The van der Waals surface area contributed by atoms with Gasteiger partial charge in [-0.25, -0.2) is 9.97 Å². The van der Waals surface area contributed by atoms with Gasteiger partial charge >= 0.3 is 0 Å². The number of nitrogens with zero attached hydrogens (tertiary/aromatic N) is 3. The number of thiazole rings is 1. The number of aromatic nitrogens is 3. The molecule has 0 atom stereocenters. The normalized spacial score (nSPS) is 17.5. The van der Waals surface area contributed by atoms with Crippen molar-refractivity contribution in [3.63, 3.8) is 0 Å². The molecule has 2 aromatic rings. The molecular weight excluding hydrogens is 336 g/mol. The summed E-state index contributed by atoms with van der Waals surface area (Å²) in [6.45, 7) is 0. The van der Waals surface area contributed by atoms with Gasteiger partial charge in [0.1, 0.15) is 5.69 Å². The lowest BCUT2D eigenvalue weighted by atomic mass is 9.95. The zero-order chi connectivity index (χ0) is 17.6. The van der Waals surface area contributed by atoms with Crippen LogP contribution in [0, 0.1) is 0 Å². The summed E-state index contributed by atoms with van der Waals surface area (Å²) in [6.07, 6.45) is 9.91. The number of amides is 1. The molecule has 2 aromatic heterocycles. The van der Waals surface area contributed by atoms with E-state index < -0.39 is 0 Å². The van der Waals surface area contributed by atoms with Crippen molar-refractivity contribution in [2.45, 2.75) is 56.9 Å². The highest BCUT2D eigenvalue weighted by atomic mass is 32.1. The molecule has 0 aliphatic heterocycles. The van der Waals surface area contributed by atoms with Crippen LogP contribution in [0.4, 0.5) is 0 Å². The van der Waals surface area contributed by atoms with Crippen LogP contribution in [0.3, 0.4) is 0 Å². The molecule has 2 N–H and O–H groups in total. The third-order valence-corrected chi connectivity index (χ3v) is 5.34. The van der Waals surface area contributed by atoms with Gasteiger partial charge in [0.05, 0.1) is 10.4 Å². The van der Waals surface area contributed by atoms with Crippen molar-refractivity contribution in [3.8, 4) is 10.7 Å². The van der Waals surface area contributed by atoms with E-state index in [4.69, 9.17) is 5.11 Å². The number of aliphatic hydroxyl groups excluding tert-OH is 1. The van der Waals surface area contributed by atoms with Crippen LogP contribution in [0.5, 0.6) is 0 Å². The minimum absolute atomic E-state index is 0. The van der Waals surface area contributed by atoms with E-state index in [0.29, 0.717) is 23.5 Å².